The number of benzene rings is 1. The number of carbonyl (C=O) groups is 2. The zero-order valence-corrected chi connectivity index (χ0v) is 14.7. The molecule has 2 aliphatic rings. The summed E-state index contributed by atoms with van der Waals surface area (Å²) in [5.74, 6) is -0.0205. The second kappa shape index (κ2) is 7.15. The average Bonchev–Trinajstić information content (AvgIpc) is 2.73. The van der Waals surface area contributed by atoms with Crippen LogP contribution in [0.3, 0.4) is 0 Å². The van der Waals surface area contributed by atoms with Crippen molar-refractivity contribution in [3.8, 4) is 0 Å². The zero-order chi connectivity index (χ0) is 17.9. The Labute approximate surface area is 153 Å². The van der Waals surface area contributed by atoms with Gasteiger partial charge in [-0.25, -0.2) is 0 Å². The molecule has 1 aromatic heterocycles. The van der Waals surface area contributed by atoms with Crippen molar-refractivity contribution in [2.75, 3.05) is 37.6 Å². The molecular formula is C20H22N4O2. The first kappa shape index (κ1) is 16.6. The van der Waals surface area contributed by atoms with Crippen molar-refractivity contribution < 1.29 is 9.59 Å². The molecule has 6 nitrogen and oxygen atoms in total. The lowest BCUT2D eigenvalue weighted by Gasteiger charge is -2.34. The molecule has 1 aromatic carbocycles. The number of fused-ring (bicyclic) bond motifs is 1. The molecular weight excluding hydrogens is 328 g/mol. The van der Waals surface area contributed by atoms with Gasteiger partial charge >= 0.3 is 0 Å². The van der Waals surface area contributed by atoms with Crippen LogP contribution in [-0.4, -0.2) is 59.8 Å². The topological polar surface area (TPSA) is 56.8 Å². The van der Waals surface area contributed by atoms with E-state index in [4.69, 9.17) is 0 Å². The molecule has 4 rings (SSSR count). The van der Waals surface area contributed by atoms with Gasteiger partial charge in [0.25, 0.3) is 5.91 Å². The highest BCUT2D eigenvalue weighted by Crippen LogP contribution is 2.22. The van der Waals surface area contributed by atoms with Gasteiger partial charge in [-0.05, 0) is 29.7 Å². The fourth-order valence-electron chi connectivity index (χ4n) is 3.65. The molecule has 26 heavy (non-hydrogen) atoms. The number of pyridine rings is 1. The first-order valence-electron chi connectivity index (χ1n) is 9.01. The van der Waals surface area contributed by atoms with E-state index in [0.29, 0.717) is 25.3 Å². The van der Waals surface area contributed by atoms with Crippen molar-refractivity contribution in [2.45, 2.75) is 13.0 Å². The molecule has 3 heterocycles. The number of piperazine rings is 1. The highest BCUT2D eigenvalue weighted by atomic mass is 16.2. The van der Waals surface area contributed by atoms with Crippen molar-refractivity contribution in [3.05, 3.63) is 59.4 Å². The number of hydrogen-bond donors (Lipinski definition) is 0. The molecule has 0 aliphatic carbocycles. The maximum absolute atomic E-state index is 12.9. The maximum atomic E-state index is 12.9. The van der Waals surface area contributed by atoms with Crippen LogP contribution in [0.4, 0.5) is 5.69 Å². The van der Waals surface area contributed by atoms with E-state index in [1.165, 1.54) is 11.1 Å². The summed E-state index contributed by atoms with van der Waals surface area (Å²) in [5.41, 5.74) is 4.02. The molecule has 2 aromatic rings. The van der Waals surface area contributed by atoms with Gasteiger partial charge < -0.3 is 14.7 Å². The Hall–Kier alpha value is -2.89. The number of anilines is 1. The molecule has 0 spiro atoms. The van der Waals surface area contributed by atoms with E-state index in [-0.39, 0.29) is 5.91 Å². The molecule has 1 saturated heterocycles. The Morgan fingerprint density at radius 2 is 1.77 bits per heavy atom. The van der Waals surface area contributed by atoms with Gasteiger partial charge in [0, 0.05) is 51.2 Å². The van der Waals surface area contributed by atoms with Crippen LogP contribution in [0.5, 0.6) is 0 Å². The smallest absolute Gasteiger partial charge is 0.272 e. The summed E-state index contributed by atoms with van der Waals surface area (Å²) in [5, 5.41) is 0. The fourth-order valence-corrected chi connectivity index (χ4v) is 3.65. The fraction of sp³-hybridized carbons (Fsp3) is 0.350. The summed E-state index contributed by atoms with van der Waals surface area (Å²) in [6, 6.07) is 12.1. The van der Waals surface area contributed by atoms with Gasteiger partial charge in [0.05, 0.1) is 0 Å². The van der Waals surface area contributed by atoms with E-state index in [2.05, 4.69) is 22.0 Å². The number of amides is 2. The molecule has 0 bridgehead atoms. The van der Waals surface area contributed by atoms with E-state index < -0.39 is 0 Å². The van der Waals surface area contributed by atoms with E-state index in [0.717, 1.165) is 38.2 Å². The van der Waals surface area contributed by atoms with E-state index >= 15 is 0 Å². The maximum Gasteiger partial charge on any atom is 0.272 e. The van der Waals surface area contributed by atoms with Gasteiger partial charge in [-0.15, -0.1) is 0 Å². The Kier molecular flexibility index (Phi) is 4.56. The van der Waals surface area contributed by atoms with E-state index in [1.807, 2.05) is 29.2 Å². The minimum Gasteiger partial charge on any atom is -0.368 e. The summed E-state index contributed by atoms with van der Waals surface area (Å²) < 4.78 is 0. The number of aromatic nitrogens is 1. The van der Waals surface area contributed by atoms with Gasteiger partial charge in [-0.2, -0.15) is 0 Å². The van der Waals surface area contributed by atoms with Crippen molar-refractivity contribution in [1.82, 2.24) is 14.8 Å². The normalized spacial score (nSPS) is 17.0. The minimum absolute atomic E-state index is 0.0205. The second-order valence-electron chi connectivity index (χ2n) is 6.77. The van der Waals surface area contributed by atoms with Crippen LogP contribution in [0.15, 0.2) is 42.6 Å². The lowest BCUT2D eigenvalue weighted by atomic mass is 10.00. The van der Waals surface area contributed by atoms with Crippen LogP contribution in [0.1, 0.15) is 21.6 Å². The third kappa shape index (κ3) is 3.27. The summed E-state index contributed by atoms with van der Waals surface area (Å²) in [6.07, 6.45) is 3.48. The van der Waals surface area contributed by atoms with Gasteiger partial charge in [0.2, 0.25) is 6.41 Å². The first-order valence-corrected chi connectivity index (χ1v) is 9.01. The predicted molar refractivity (Wildman–Crippen MR) is 99.0 cm³/mol. The third-order valence-electron chi connectivity index (χ3n) is 5.21. The number of rotatable bonds is 3. The predicted octanol–water partition coefficient (Wildman–Crippen LogP) is 1.56. The minimum atomic E-state index is -0.0205. The molecule has 6 heteroatoms. The summed E-state index contributed by atoms with van der Waals surface area (Å²) in [7, 11) is 0. The molecule has 2 amide bonds. The number of carbonyl (C=O) groups excluding carboxylic acids is 2. The Balaban J connectivity index is 1.48. The monoisotopic (exact) mass is 350 g/mol. The van der Waals surface area contributed by atoms with Gasteiger partial charge in [-0.3, -0.25) is 14.6 Å². The summed E-state index contributed by atoms with van der Waals surface area (Å²) in [6.45, 7) is 4.32. The SMILES string of the molecule is O=CN1CCN(c2ccnc(C(=O)N3CCc4ccccc4C3)c2)CC1. The van der Waals surface area contributed by atoms with Crippen molar-refractivity contribution in [3.63, 3.8) is 0 Å². The summed E-state index contributed by atoms with van der Waals surface area (Å²) in [4.78, 5) is 33.9. The largest absolute Gasteiger partial charge is 0.368 e. The highest BCUT2D eigenvalue weighted by Gasteiger charge is 2.23. The van der Waals surface area contributed by atoms with Crippen molar-refractivity contribution >= 4 is 18.0 Å². The van der Waals surface area contributed by atoms with Gasteiger partial charge in [-0.1, -0.05) is 24.3 Å². The third-order valence-corrected chi connectivity index (χ3v) is 5.21. The quantitative estimate of drug-likeness (QED) is 0.789. The molecule has 134 valence electrons. The van der Waals surface area contributed by atoms with E-state index in [9.17, 15) is 9.59 Å². The van der Waals surface area contributed by atoms with Crippen LogP contribution >= 0.6 is 0 Å². The standard InChI is InChI=1S/C20H22N4O2/c25-15-22-9-11-23(12-10-22)18-5-7-21-19(13-18)20(26)24-8-6-16-3-1-2-4-17(16)14-24/h1-5,7,13,15H,6,8-12,14H2. The Morgan fingerprint density at radius 3 is 2.54 bits per heavy atom. The zero-order valence-electron chi connectivity index (χ0n) is 14.7. The molecule has 0 unspecified atom stereocenters. The van der Waals surface area contributed by atoms with Crippen molar-refractivity contribution in [1.29, 1.82) is 0 Å². The second-order valence-corrected chi connectivity index (χ2v) is 6.77. The highest BCUT2D eigenvalue weighted by molar-refractivity contribution is 5.93. The van der Waals surface area contributed by atoms with Crippen LogP contribution in [0, 0.1) is 0 Å². The molecule has 0 radical (unpaired) electrons. The number of hydrogen-bond acceptors (Lipinski definition) is 4. The lowest BCUT2D eigenvalue weighted by Crippen LogP contribution is -2.45. The van der Waals surface area contributed by atoms with Crippen molar-refractivity contribution in [2.24, 2.45) is 0 Å². The van der Waals surface area contributed by atoms with Crippen LogP contribution in [0.2, 0.25) is 0 Å². The van der Waals surface area contributed by atoms with Crippen LogP contribution in [0.25, 0.3) is 0 Å². The summed E-state index contributed by atoms with van der Waals surface area (Å²) >= 11 is 0. The first-order chi connectivity index (χ1) is 12.7. The Morgan fingerprint density at radius 1 is 1.00 bits per heavy atom. The number of nitrogens with zero attached hydrogens (tertiary/aromatic N) is 4. The Bertz CT molecular complexity index is 815. The molecule has 1 fully saturated rings. The lowest BCUT2D eigenvalue weighted by molar-refractivity contribution is -0.118. The van der Waals surface area contributed by atoms with Gasteiger partial charge in [0.15, 0.2) is 0 Å². The van der Waals surface area contributed by atoms with E-state index in [1.54, 1.807) is 11.1 Å². The molecule has 0 N–H and O–H groups in total. The van der Waals surface area contributed by atoms with Crippen LogP contribution in [-0.2, 0) is 17.8 Å². The average molecular weight is 350 g/mol. The van der Waals surface area contributed by atoms with Crippen LogP contribution < -0.4 is 4.90 Å². The van der Waals surface area contributed by atoms with Gasteiger partial charge in [0.1, 0.15) is 5.69 Å². The molecule has 0 saturated carbocycles. The molecule has 2 aliphatic heterocycles. The molecule has 0 atom stereocenters.